The molecule has 1 aliphatic heterocycles. The summed E-state index contributed by atoms with van der Waals surface area (Å²) in [4.78, 5) is 0. The fraction of sp³-hybridized carbons (Fsp3) is 0.600. The molecule has 42 valence electrons. The molecule has 0 radical (unpaired) electrons. The van der Waals surface area contributed by atoms with Gasteiger partial charge in [-0.1, -0.05) is 12.2 Å². The maximum Gasteiger partial charge on any atom is 0.00373 e. The van der Waals surface area contributed by atoms with E-state index >= 15 is 0 Å². The molecular formula is C5H9IS. The lowest BCUT2D eigenvalue weighted by Gasteiger charge is -2.19. The summed E-state index contributed by atoms with van der Waals surface area (Å²) in [6.45, 7) is 0. The van der Waals surface area contributed by atoms with Crippen molar-refractivity contribution < 1.29 is 0 Å². The van der Waals surface area contributed by atoms with Crippen molar-refractivity contribution >= 4 is 28.4 Å². The van der Waals surface area contributed by atoms with Gasteiger partial charge in [0.1, 0.15) is 0 Å². The smallest absolute Gasteiger partial charge is 0.00373 e. The van der Waals surface area contributed by atoms with Crippen molar-refractivity contribution in [3.8, 4) is 0 Å². The Kier molecular flexibility index (Phi) is 1.68. The third-order valence-electron chi connectivity index (χ3n) is 1.05. The minimum Gasteiger partial charge on any atom is -0.183 e. The highest BCUT2D eigenvalue weighted by Gasteiger charge is 2.13. The van der Waals surface area contributed by atoms with Gasteiger partial charge >= 0.3 is 0 Å². The van der Waals surface area contributed by atoms with E-state index in [2.05, 4.69) is 39.6 Å². The minimum atomic E-state index is -0.187. The van der Waals surface area contributed by atoms with Crippen LogP contribution in [0, 0.1) is 0 Å². The average molecular weight is 228 g/mol. The number of hydrogen-bond donors (Lipinski definition) is 0. The summed E-state index contributed by atoms with van der Waals surface area (Å²) >= 11 is 2.59. The highest BCUT2D eigenvalue weighted by atomic mass is 127. The van der Waals surface area contributed by atoms with E-state index < -0.39 is 0 Å². The van der Waals surface area contributed by atoms with E-state index in [1.165, 1.54) is 11.5 Å². The average Bonchev–Trinajstić information content (AvgIpc) is 1.84. The standard InChI is InChI=1S/C5H9IS/c1-7(6)4-2-3-5-7/h2-3H,4-5H2,1H3. The molecule has 0 N–H and O–H groups in total. The molecule has 0 amide bonds. The summed E-state index contributed by atoms with van der Waals surface area (Å²) in [7, 11) is -0.187. The highest BCUT2D eigenvalue weighted by Crippen LogP contribution is 2.55. The van der Waals surface area contributed by atoms with Crippen molar-refractivity contribution in [2.45, 2.75) is 0 Å². The van der Waals surface area contributed by atoms with Crippen LogP contribution in [0.1, 0.15) is 0 Å². The first kappa shape index (κ1) is 5.95. The summed E-state index contributed by atoms with van der Waals surface area (Å²) in [5, 5.41) is 0. The molecule has 0 saturated carbocycles. The molecule has 0 atom stereocenters. The topological polar surface area (TPSA) is 0 Å². The predicted octanol–water partition coefficient (Wildman–Crippen LogP) is 2.34. The lowest BCUT2D eigenvalue weighted by atomic mass is 10.6. The summed E-state index contributed by atoms with van der Waals surface area (Å²) in [6, 6.07) is 0. The highest BCUT2D eigenvalue weighted by molar-refractivity contribution is 14.2. The van der Waals surface area contributed by atoms with Crippen LogP contribution in [-0.4, -0.2) is 17.8 Å². The van der Waals surface area contributed by atoms with E-state index in [9.17, 15) is 0 Å². The van der Waals surface area contributed by atoms with Crippen LogP contribution in [-0.2, 0) is 0 Å². The number of hydrogen-bond acceptors (Lipinski definition) is 0. The van der Waals surface area contributed by atoms with Gasteiger partial charge in [0.05, 0.1) is 0 Å². The molecule has 0 unspecified atom stereocenters. The van der Waals surface area contributed by atoms with Gasteiger partial charge in [0.2, 0.25) is 0 Å². The van der Waals surface area contributed by atoms with Crippen LogP contribution in [0.2, 0.25) is 0 Å². The zero-order valence-electron chi connectivity index (χ0n) is 4.36. The van der Waals surface area contributed by atoms with Gasteiger partial charge in [0.25, 0.3) is 0 Å². The summed E-state index contributed by atoms with van der Waals surface area (Å²) in [5.41, 5.74) is 0. The van der Waals surface area contributed by atoms with Crippen LogP contribution >= 0.6 is 28.4 Å². The third-order valence-corrected chi connectivity index (χ3v) is 4.99. The molecular weight excluding hydrogens is 219 g/mol. The zero-order chi connectivity index (χ0) is 5.33. The molecule has 1 rings (SSSR count). The van der Waals surface area contributed by atoms with Crippen molar-refractivity contribution in [2.24, 2.45) is 0 Å². The molecule has 0 aliphatic carbocycles. The van der Waals surface area contributed by atoms with Gasteiger partial charge in [-0.3, -0.25) is 0 Å². The Bertz CT molecular complexity index is 86.3. The van der Waals surface area contributed by atoms with Gasteiger partial charge in [-0.2, -0.15) is 7.20 Å². The van der Waals surface area contributed by atoms with Crippen LogP contribution in [0.5, 0.6) is 0 Å². The molecule has 0 saturated heterocycles. The minimum absolute atomic E-state index is 0.187. The quantitative estimate of drug-likeness (QED) is 0.441. The van der Waals surface area contributed by atoms with Gasteiger partial charge in [-0.05, 0) is 27.5 Å². The van der Waals surface area contributed by atoms with Crippen molar-refractivity contribution in [1.82, 2.24) is 0 Å². The maximum absolute atomic E-state index is 2.59. The predicted molar refractivity (Wildman–Crippen MR) is 46.4 cm³/mol. The van der Waals surface area contributed by atoms with E-state index in [1.807, 2.05) is 0 Å². The van der Waals surface area contributed by atoms with E-state index in [0.29, 0.717) is 0 Å². The second kappa shape index (κ2) is 1.97. The van der Waals surface area contributed by atoms with Crippen LogP contribution in [0.15, 0.2) is 12.2 Å². The molecule has 2 heteroatoms. The first-order valence-electron chi connectivity index (χ1n) is 2.29. The molecule has 1 heterocycles. The Hall–Kier alpha value is 0.820. The Balaban J connectivity index is 2.49. The molecule has 0 spiro atoms. The maximum atomic E-state index is 2.59. The Morgan fingerprint density at radius 1 is 1.43 bits per heavy atom. The SMILES string of the molecule is CS1(I)CC=CC1. The molecule has 1 aliphatic rings. The van der Waals surface area contributed by atoms with Crippen molar-refractivity contribution in [2.75, 3.05) is 17.8 Å². The summed E-state index contributed by atoms with van der Waals surface area (Å²) < 4.78 is 0. The van der Waals surface area contributed by atoms with E-state index in [-0.39, 0.29) is 7.20 Å². The first-order valence-corrected chi connectivity index (χ1v) is 7.21. The molecule has 0 aromatic carbocycles. The van der Waals surface area contributed by atoms with Gasteiger partial charge in [-0.15, -0.1) is 0 Å². The van der Waals surface area contributed by atoms with Crippen LogP contribution in [0.25, 0.3) is 0 Å². The Labute approximate surface area is 58.3 Å². The van der Waals surface area contributed by atoms with Gasteiger partial charge < -0.3 is 0 Å². The van der Waals surface area contributed by atoms with Crippen LogP contribution in [0.4, 0.5) is 0 Å². The van der Waals surface area contributed by atoms with Gasteiger partial charge in [0, 0.05) is 11.5 Å². The second-order valence-electron chi connectivity index (χ2n) is 1.96. The molecule has 0 aromatic heterocycles. The van der Waals surface area contributed by atoms with E-state index in [0.717, 1.165) is 0 Å². The normalized spacial score (nSPS) is 30.6. The number of halogens is 1. The monoisotopic (exact) mass is 228 g/mol. The van der Waals surface area contributed by atoms with E-state index in [4.69, 9.17) is 0 Å². The number of rotatable bonds is 0. The largest absolute Gasteiger partial charge is 0.183 e. The Morgan fingerprint density at radius 3 is 2.00 bits per heavy atom. The third kappa shape index (κ3) is 1.64. The van der Waals surface area contributed by atoms with Gasteiger partial charge in [-0.25, -0.2) is 0 Å². The fourth-order valence-corrected chi connectivity index (χ4v) is 3.06. The zero-order valence-corrected chi connectivity index (χ0v) is 7.33. The van der Waals surface area contributed by atoms with Crippen LogP contribution < -0.4 is 0 Å². The fourth-order valence-electron chi connectivity index (χ4n) is 0.605. The van der Waals surface area contributed by atoms with Crippen molar-refractivity contribution in [1.29, 1.82) is 0 Å². The molecule has 0 nitrogen and oxygen atoms in total. The first-order chi connectivity index (χ1) is 3.21. The van der Waals surface area contributed by atoms with E-state index in [1.54, 1.807) is 0 Å². The molecule has 0 bridgehead atoms. The van der Waals surface area contributed by atoms with Crippen LogP contribution in [0.3, 0.4) is 0 Å². The summed E-state index contributed by atoms with van der Waals surface area (Å²) in [6.07, 6.45) is 6.96. The lowest BCUT2D eigenvalue weighted by Crippen LogP contribution is -1.86. The van der Waals surface area contributed by atoms with Crippen molar-refractivity contribution in [3.05, 3.63) is 12.2 Å². The molecule has 0 aromatic rings. The second-order valence-corrected chi connectivity index (χ2v) is 11.3. The lowest BCUT2D eigenvalue weighted by molar-refractivity contribution is 1.78. The molecule has 7 heavy (non-hydrogen) atoms. The van der Waals surface area contributed by atoms with Crippen molar-refractivity contribution in [3.63, 3.8) is 0 Å². The van der Waals surface area contributed by atoms with Gasteiger partial charge in [0.15, 0.2) is 0 Å². The molecule has 0 fully saturated rings. The Morgan fingerprint density at radius 2 is 1.86 bits per heavy atom. The summed E-state index contributed by atoms with van der Waals surface area (Å²) in [5.74, 6) is 2.68.